The fourth-order valence-electron chi connectivity index (χ4n) is 2.60. The highest BCUT2D eigenvalue weighted by atomic mass is 16.5. The summed E-state index contributed by atoms with van der Waals surface area (Å²) in [5.74, 6) is -0.708. The Morgan fingerprint density at radius 1 is 0.933 bits per heavy atom. The Morgan fingerprint density at radius 3 is 2.20 bits per heavy atom. The van der Waals surface area contributed by atoms with Crippen LogP contribution in [0.4, 0.5) is 4.79 Å². The summed E-state index contributed by atoms with van der Waals surface area (Å²) in [5, 5.41) is 5.36. The van der Waals surface area contributed by atoms with Crippen LogP contribution in [0.5, 0.6) is 0 Å². The second-order valence-electron chi connectivity index (χ2n) is 6.45. The van der Waals surface area contributed by atoms with Gasteiger partial charge < -0.3 is 20.1 Å². The van der Waals surface area contributed by atoms with E-state index in [9.17, 15) is 14.4 Å². The Morgan fingerprint density at radius 2 is 1.57 bits per heavy atom. The van der Waals surface area contributed by atoms with E-state index in [-0.39, 0.29) is 31.4 Å². The zero-order valence-corrected chi connectivity index (χ0v) is 16.9. The van der Waals surface area contributed by atoms with Gasteiger partial charge in [-0.15, -0.1) is 0 Å². The summed E-state index contributed by atoms with van der Waals surface area (Å²) in [6.45, 7) is 0.338. The van der Waals surface area contributed by atoms with Crippen molar-refractivity contribution in [3.63, 3.8) is 0 Å². The van der Waals surface area contributed by atoms with Gasteiger partial charge in [0.05, 0.1) is 13.5 Å². The maximum absolute atomic E-state index is 12.6. The quantitative estimate of drug-likeness (QED) is 0.464. The number of carbonyl (C=O) groups is 3. The fourth-order valence-corrected chi connectivity index (χ4v) is 2.60. The molecule has 0 spiro atoms. The van der Waals surface area contributed by atoms with Crippen LogP contribution in [-0.2, 0) is 32.1 Å². The van der Waals surface area contributed by atoms with E-state index in [2.05, 4.69) is 15.4 Å². The average molecular weight is 410 g/mol. The summed E-state index contributed by atoms with van der Waals surface area (Å²) in [4.78, 5) is 35.9. The summed E-state index contributed by atoms with van der Waals surface area (Å²) in [5.41, 5.74) is 1.76. The molecule has 2 amide bonds. The third kappa shape index (κ3) is 8.60. The van der Waals surface area contributed by atoms with Crippen molar-refractivity contribution >= 4 is 18.0 Å². The average Bonchev–Trinajstić information content (AvgIpc) is 2.78. The normalized spacial score (nSPS) is 11.5. The van der Waals surface area contributed by atoms with Crippen molar-refractivity contribution in [3.8, 4) is 0 Å². The highest BCUT2D eigenvalue weighted by molar-refractivity contribution is 5.86. The predicted octanol–water partition coefficient (Wildman–Crippen LogP) is 2.76. The van der Waals surface area contributed by atoms with Gasteiger partial charge in [-0.2, -0.15) is 0 Å². The molecule has 0 aliphatic rings. The molecule has 158 valence electrons. The largest absolute Gasteiger partial charge is 0.469 e. The maximum Gasteiger partial charge on any atom is 0.408 e. The van der Waals surface area contributed by atoms with Crippen molar-refractivity contribution < 1.29 is 23.9 Å². The SMILES string of the molecule is COC(=O)C/C=C/CNC(=O)[C@H](Cc1ccccc1)NC(=O)OCc1ccccc1. The Labute approximate surface area is 176 Å². The Kier molecular flexibility index (Phi) is 9.65. The van der Waals surface area contributed by atoms with Gasteiger partial charge in [0.2, 0.25) is 5.91 Å². The smallest absolute Gasteiger partial charge is 0.408 e. The van der Waals surface area contributed by atoms with E-state index >= 15 is 0 Å². The van der Waals surface area contributed by atoms with Gasteiger partial charge in [-0.05, 0) is 11.1 Å². The third-order valence-corrected chi connectivity index (χ3v) is 4.18. The fraction of sp³-hybridized carbons (Fsp3) is 0.261. The Bertz CT molecular complexity index is 837. The number of methoxy groups -OCH3 is 1. The van der Waals surface area contributed by atoms with Crippen LogP contribution in [0.1, 0.15) is 17.5 Å². The van der Waals surface area contributed by atoms with Crippen LogP contribution in [-0.4, -0.2) is 37.7 Å². The second kappa shape index (κ2) is 12.8. The molecule has 0 radical (unpaired) electrons. The van der Waals surface area contributed by atoms with Crippen molar-refractivity contribution in [2.24, 2.45) is 0 Å². The van der Waals surface area contributed by atoms with Crippen molar-refractivity contribution in [1.82, 2.24) is 10.6 Å². The van der Waals surface area contributed by atoms with E-state index in [4.69, 9.17) is 4.74 Å². The lowest BCUT2D eigenvalue weighted by atomic mass is 10.1. The molecule has 0 heterocycles. The molecule has 0 fully saturated rings. The lowest BCUT2D eigenvalue weighted by molar-refractivity contribution is -0.139. The number of hydrogen-bond donors (Lipinski definition) is 2. The minimum absolute atomic E-state index is 0.114. The summed E-state index contributed by atoms with van der Waals surface area (Å²) in [6, 6.07) is 17.9. The Hall–Kier alpha value is -3.61. The van der Waals surface area contributed by atoms with Crippen LogP contribution in [0.25, 0.3) is 0 Å². The number of alkyl carbamates (subject to hydrolysis) is 1. The lowest BCUT2D eigenvalue weighted by Gasteiger charge is -2.18. The van der Waals surface area contributed by atoms with Crippen LogP contribution < -0.4 is 10.6 Å². The second-order valence-corrected chi connectivity index (χ2v) is 6.45. The molecule has 2 aromatic rings. The maximum atomic E-state index is 12.6. The standard InChI is InChI=1S/C23H26N2O5/c1-29-21(26)14-8-9-15-24-22(27)20(16-18-10-4-2-5-11-18)25-23(28)30-17-19-12-6-3-7-13-19/h2-13,20H,14-17H2,1H3,(H,24,27)(H,25,28)/b9-8+/t20-/m0/s1. The van der Waals surface area contributed by atoms with Gasteiger partial charge in [0, 0.05) is 13.0 Å². The van der Waals surface area contributed by atoms with Gasteiger partial charge in [0.15, 0.2) is 0 Å². The topological polar surface area (TPSA) is 93.7 Å². The van der Waals surface area contributed by atoms with E-state index in [1.54, 1.807) is 12.2 Å². The van der Waals surface area contributed by atoms with Crippen molar-refractivity contribution in [2.75, 3.05) is 13.7 Å². The molecular weight excluding hydrogens is 384 g/mol. The molecule has 0 bridgehead atoms. The van der Waals surface area contributed by atoms with Gasteiger partial charge in [0.25, 0.3) is 0 Å². The number of nitrogens with one attached hydrogen (secondary N) is 2. The molecule has 2 N–H and O–H groups in total. The van der Waals surface area contributed by atoms with Crippen LogP contribution >= 0.6 is 0 Å². The minimum atomic E-state index is -0.801. The van der Waals surface area contributed by atoms with Gasteiger partial charge >= 0.3 is 12.1 Å². The van der Waals surface area contributed by atoms with E-state index in [0.717, 1.165) is 11.1 Å². The number of hydrogen-bond acceptors (Lipinski definition) is 5. The summed E-state index contributed by atoms with van der Waals surface area (Å²) in [6.07, 6.45) is 3.04. The van der Waals surface area contributed by atoms with Crippen molar-refractivity contribution in [2.45, 2.75) is 25.5 Å². The van der Waals surface area contributed by atoms with Crippen LogP contribution in [0.15, 0.2) is 72.8 Å². The van der Waals surface area contributed by atoms with Crippen LogP contribution in [0.3, 0.4) is 0 Å². The predicted molar refractivity (Wildman–Crippen MR) is 112 cm³/mol. The summed E-state index contributed by atoms with van der Waals surface area (Å²) >= 11 is 0. The van der Waals surface area contributed by atoms with Gasteiger partial charge in [0.1, 0.15) is 12.6 Å². The van der Waals surface area contributed by atoms with Crippen molar-refractivity contribution in [3.05, 3.63) is 83.9 Å². The minimum Gasteiger partial charge on any atom is -0.469 e. The van der Waals surface area contributed by atoms with E-state index in [1.807, 2.05) is 60.7 Å². The summed E-state index contributed by atoms with van der Waals surface area (Å²) < 4.78 is 9.78. The van der Waals surface area contributed by atoms with Gasteiger partial charge in [-0.3, -0.25) is 9.59 Å². The molecule has 0 aliphatic carbocycles. The molecule has 2 rings (SSSR count). The molecule has 2 aromatic carbocycles. The molecule has 30 heavy (non-hydrogen) atoms. The number of esters is 1. The third-order valence-electron chi connectivity index (χ3n) is 4.18. The Balaban J connectivity index is 1.91. The van der Waals surface area contributed by atoms with E-state index in [1.165, 1.54) is 7.11 Å². The molecule has 0 saturated heterocycles. The zero-order valence-electron chi connectivity index (χ0n) is 16.9. The number of rotatable bonds is 10. The van der Waals surface area contributed by atoms with Crippen LogP contribution in [0, 0.1) is 0 Å². The van der Waals surface area contributed by atoms with E-state index < -0.39 is 12.1 Å². The molecule has 7 nitrogen and oxygen atoms in total. The molecule has 0 aliphatic heterocycles. The number of carbonyl (C=O) groups excluding carboxylic acids is 3. The first kappa shape index (κ1) is 22.7. The number of amides is 2. The first-order valence-corrected chi connectivity index (χ1v) is 9.59. The van der Waals surface area contributed by atoms with Crippen molar-refractivity contribution in [1.29, 1.82) is 0 Å². The molecule has 1 atom stereocenters. The molecule has 0 saturated carbocycles. The first-order chi connectivity index (χ1) is 14.6. The molecular formula is C23H26N2O5. The number of ether oxygens (including phenoxy) is 2. The first-order valence-electron chi connectivity index (χ1n) is 9.59. The highest BCUT2D eigenvalue weighted by Gasteiger charge is 2.21. The molecule has 0 aromatic heterocycles. The number of benzene rings is 2. The van der Waals surface area contributed by atoms with Gasteiger partial charge in [-0.1, -0.05) is 72.8 Å². The van der Waals surface area contributed by atoms with Gasteiger partial charge in [-0.25, -0.2) is 4.79 Å². The zero-order chi connectivity index (χ0) is 21.6. The molecule has 0 unspecified atom stereocenters. The van der Waals surface area contributed by atoms with E-state index in [0.29, 0.717) is 6.42 Å². The lowest BCUT2D eigenvalue weighted by Crippen LogP contribution is -2.48. The molecule has 7 heteroatoms. The monoisotopic (exact) mass is 410 g/mol. The van der Waals surface area contributed by atoms with Crippen LogP contribution in [0.2, 0.25) is 0 Å². The highest BCUT2D eigenvalue weighted by Crippen LogP contribution is 2.05. The summed E-state index contributed by atoms with van der Waals surface area (Å²) in [7, 11) is 1.31.